The lowest BCUT2D eigenvalue weighted by Crippen LogP contribution is -2.37. The smallest absolute Gasteiger partial charge is 0.259 e. The number of hydrogen-bond donors (Lipinski definition) is 2. The molecule has 10 nitrogen and oxygen atoms in total. The van der Waals surface area contributed by atoms with Gasteiger partial charge >= 0.3 is 0 Å². The van der Waals surface area contributed by atoms with Crippen molar-refractivity contribution in [2.75, 3.05) is 5.32 Å². The van der Waals surface area contributed by atoms with Crippen molar-refractivity contribution in [2.45, 2.75) is 70.1 Å². The minimum atomic E-state index is -0.270. The monoisotopic (exact) mass is 487 g/mol. The molecule has 1 aromatic carbocycles. The maximum Gasteiger partial charge on any atom is 0.259 e. The van der Waals surface area contributed by atoms with E-state index in [0.29, 0.717) is 29.1 Å². The Morgan fingerprint density at radius 1 is 1.14 bits per heavy atom. The summed E-state index contributed by atoms with van der Waals surface area (Å²) in [5.41, 5.74) is 2.40. The summed E-state index contributed by atoms with van der Waals surface area (Å²) >= 11 is 0. The number of fused-ring (bicyclic) bond motifs is 2. The van der Waals surface area contributed by atoms with Gasteiger partial charge in [-0.15, -0.1) is 0 Å². The molecule has 0 radical (unpaired) electrons. The molecule has 0 saturated heterocycles. The van der Waals surface area contributed by atoms with Crippen LogP contribution >= 0.6 is 0 Å². The van der Waals surface area contributed by atoms with Gasteiger partial charge in [0.2, 0.25) is 5.91 Å². The summed E-state index contributed by atoms with van der Waals surface area (Å²) in [5, 5.41) is 16.0. The van der Waals surface area contributed by atoms with Crippen molar-refractivity contribution < 1.29 is 14.3 Å². The Morgan fingerprint density at radius 3 is 2.75 bits per heavy atom. The topological polar surface area (TPSA) is 115 Å². The molecular weight excluding hydrogens is 458 g/mol. The zero-order chi connectivity index (χ0) is 24.6. The lowest BCUT2D eigenvalue weighted by Gasteiger charge is -2.29. The Hall–Kier alpha value is -3.95. The summed E-state index contributed by atoms with van der Waals surface area (Å²) in [4.78, 5) is 29.4. The Kier molecular flexibility index (Phi) is 5.79. The van der Waals surface area contributed by atoms with Gasteiger partial charge in [0.25, 0.3) is 5.91 Å². The van der Waals surface area contributed by atoms with Gasteiger partial charge in [0.05, 0.1) is 29.4 Å². The number of nitrogens with zero attached hydrogens (tertiary/aromatic N) is 5. The number of rotatable bonds is 7. The summed E-state index contributed by atoms with van der Waals surface area (Å²) in [6.07, 6.45) is 13.5. The van der Waals surface area contributed by atoms with E-state index in [-0.39, 0.29) is 30.0 Å². The van der Waals surface area contributed by atoms with Crippen molar-refractivity contribution in [1.82, 2.24) is 29.7 Å². The first-order valence-corrected chi connectivity index (χ1v) is 12.7. The highest BCUT2D eigenvalue weighted by Crippen LogP contribution is 2.34. The fourth-order valence-corrected chi connectivity index (χ4v) is 4.82. The lowest BCUT2D eigenvalue weighted by molar-refractivity contribution is -0.121. The van der Waals surface area contributed by atoms with Gasteiger partial charge in [0.1, 0.15) is 11.4 Å². The molecule has 6 rings (SSSR count). The first kappa shape index (κ1) is 22.5. The average molecular weight is 488 g/mol. The molecule has 10 heteroatoms. The van der Waals surface area contributed by atoms with Crippen LogP contribution in [0.3, 0.4) is 0 Å². The highest BCUT2D eigenvalue weighted by Gasteiger charge is 2.28. The van der Waals surface area contributed by atoms with Crippen molar-refractivity contribution in [3.8, 4) is 5.75 Å². The molecular formula is C26H29N7O3. The molecule has 0 atom stereocenters. The molecule has 2 fully saturated rings. The maximum absolute atomic E-state index is 13.4. The fraction of sp³-hybridized carbons (Fsp3) is 0.423. The van der Waals surface area contributed by atoms with Gasteiger partial charge in [-0.05, 0) is 50.7 Å². The standard InChI is InChI=1S/C26H29N7O3/c1-2-24(34)29-17-4-6-18(7-5-17)33-15-16-12-20(23(13-21(16)31-33)36-19-8-9-19)26(35)30-22-14-28-32-11-3-10-27-25(22)32/h3,10-15,17-19H,2,4-9H2,1H3,(H,29,34)(H,30,35). The molecule has 0 aliphatic heterocycles. The molecule has 0 unspecified atom stereocenters. The molecule has 0 bridgehead atoms. The van der Waals surface area contributed by atoms with Crippen LogP contribution in [0.2, 0.25) is 0 Å². The van der Waals surface area contributed by atoms with Crippen LogP contribution < -0.4 is 15.4 Å². The van der Waals surface area contributed by atoms with Crippen LogP contribution in [0.25, 0.3) is 16.6 Å². The molecule has 4 aromatic rings. The fourth-order valence-electron chi connectivity index (χ4n) is 4.82. The first-order chi connectivity index (χ1) is 17.6. The molecule has 2 aliphatic rings. The van der Waals surface area contributed by atoms with Gasteiger partial charge < -0.3 is 15.4 Å². The van der Waals surface area contributed by atoms with E-state index in [1.807, 2.05) is 29.9 Å². The van der Waals surface area contributed by atoms with Crippen LogP contribution in [0.1, 0.15) is 68.3 Å². The largest absolute Gasteiger partial charge is 0.490 e. The third-order valence-electron chi connectivity index (χ3n) is 6.97. The van der Waals surface area contributed by atoms with E-state index < -0.39 is 0 Å². The van der Waals surface area contributed by atoms with Gasteiger partial charge in [0, 0.05) is 42.5 Å². The van der Waals surface area contributed by atoms with E-state index in [1.165, 1.54) is 0 Å². The number of nitrogens with one attached hydrogen (secondary N) is 2. The van der Waals surface area contributed by atoms with Crippen LogP contribution in [0.5, 0.6) is 5.75 Å². The summed E-state index contributed by atoms with van der Waals surface area (Å²) in [5.74, 6) is 0.383. The van der Waals surface area contributed by atoms with Crippen LogP contribution in [-0.2, 0) is 4.79 Å². The van der Waals surface area contributed by atoms with E-state index in [0.717, 1.165) is 49.4 Å². The second kappa shape index (κ2) is 9.25. The van der Waals surface area contributed by atoms with E-state index in [9.17, 15) is 9.59 Å². The minimum Gasteiger partial charge on any atom is -0.490 e. The number of carbonyl (C=O) groups is 2. The first-order valence-electron chi connectivity index (χ1n) is 12.7. The van der Waals surface area contributed by atoms with E-state index >= 15 is 0 Å². The number of hydrogen-bond acceptors (Lipinski definition) is 6. The number of amides is 2. The number of anilines is 1. The second-order valence-electron chi connectivity index (χ2n) is 9.66. The minimum absolute atomic E-state index is 0.108. The number of ether oxygens (including phenoxy) is 1. The van der Waals surface area contributed by atoms with Crippen LogP contribution in [-0.4, -0.2) is 48.3 Å². The molecule has 2 saturated carbocycles. The number of aromatic nitrogens is 5. The number of carbonyl (C=O) groups excluding carboxylic acids is 2. The van der Waals surface area contributed by atoms with E-state index in [1.54, 1.807) is 29.2 Å². The van der Waals surface area contributed by atoms with Crippen LogP contribution in [0.4, 0.5) is 5.69 Å². The van der Waals surface area contributed by atoms with Crippen molar-refractivity contribution in [2.24, 2.45) is 0 Å². The zero-order valence-corrected chi connectivity index (χ0v) is 20.2. The quantitative estimate of drug-likeness (QED) is 0.409. The molecule has 2 N–H and O–H groups in total. The van der Waals surface area contributed by atoms with Crippen LogP contribution in [0, 0.1) is 0 Å². The van der Waals surface area contributed by atoms with E-state index in [4.69, 9.17) is 9.84 Å². The van der Waals surface area contributed by atoms with Gasteiger partial charge in [-0.3, -0.25) is 14.3 Å². The van der Waals surface area contributed by atoms with Gasteiger partial charge in [0.15, 0.2) is 5.65 Å². The molecule has 186 valence electrons. The predicted octanol–water partition coefficient (Wildman–Crippen LogP) is 3.88. The van der Waals surface area contributed by atoms with Gasteiger partial charge in [-0.2, -0.15) is 10.2 Å². The highest BCUT2D eigenvalue weighted by atomic mass is 16.5. The Balaban J connectivity index is 1.25. The van der Waals surface area contributed by atoms with Gasteiger partial charge in [-0.1, -0.05) is 6.92 Å². The van der Waals surface area contributed by atoms with Crippen molar-refractivity contribution in [3.63, 3.8) is 0 Å². The van der Waals surface area contributed by atoms with Crippen molar-refractivity contribution in [3.05, 3.63) is 48.5 Å². The normalized spacial score (nSPS) is 19.9. The molecule has 2 aliphatic carbocycles. The maximum atomic E-state index is 13.4. The molecule has 2 amide bonds. The number of benzene rings is 1. The second-order valence-corrected chi connectivity index (χ2v) is 9.66. The summed E-state index contributed by atoms with van der Waals surface area (Å²) in [6, 6.07) is 6.02. The molecule has 3 aromatic heterocycles. The summed E-state index contributed by atoms with van der Waals surface area (Å²) in [6.45, 7) is 1.88. The molecule has 0 spiro atoms. The lowest BCUT2D eigenvalue weighted by atomic mass is 9.91. The highest BCUT2D eigenvalue weighted by molar-refractivity contribution is 6.09. The summed E-state index contributed by atoms with van der Waals surface area (Å²) in [7, 11) is 0. The molecule has 3 heterocycles. The molecule has 36 heavy (non-hydrogen) atoms. The van der Waals surface area contributed by atoms with Gasteiger partial charge in [-0.25, -0.2) is 9.50 Å². The van der Waals surface area contributed by atoms with Crippen LogP contribution in [0.15, 0.2) is 43.0 Å². The van der Waals surface area contributed by atoms with Crippen molar-refractivity contribution in [1.29, 1.82) is 0 Å². The predicted molar refractivity (Wildman–Crippen MR) is 134 cm³/mol. The Labute approximate surface area is 208 Å². The van der Waals surface area contributed by atoms with Crippen molar-refractivity contribution >= 4 is 34.1 Å². The third-order valence-corrected chi connectivity index (χ3v) is 6.97. The zero-order valence-electron chi connectivity index (χ0n) is 20.2. The van der Waals surface area contributed by atoms with E-state index in [2.05, 4.69) is 20.7 Å². The average Bonchev–Trinajstić information content (AvgIpc) is 3.47. The SMILES string of the molecule is CCC(=O)NC1CCC(n2cc3cc(C(=O)Nc4cnn5cccnc45)c(OC4CC4)cc3n2)CC1. The Bertz CT molecular complexity index is 1430. The third kappa shape index (κ3) is 4.50. The Morgan fingerprint density at radius 2 is 1.97 bits per heavy atom. The summed E-state index contributed by atoms with van der Waals surface area (Å²) < 4.78 is 9.75.